The lowest BCUT2D eigenvalue weighted by molar-refractivity contribution is 0.0990. The quantitative estimate of drug-likeness (QED) is 0.598. The molecular formula is C21H19FN2OS2. The van der Waals surface area contributed by atoms with Crippen LogP contribution >= 0.6 is 23.1 Å². The smallest absolute Gasteiger partial charge is 0.270 e. The highest BCUT2D eigenvalue weighted by Gasteiger charge is 2.26. The molecule has 2 aromatic carbocycles. The molecule has 0 N–H and O–H groups in total. The van der Waals surface area contributed by atoms with Crippen LogP contribution in [-0.2, 0) is 6.42 Å². The van der Waals surface area contributed by atoms with E-state index in [9.17, 15) is 9.18 Å². The third kappa shape index (κ3) is 3.92. The highest BCUT2D eigenvalue weighted by Crippen LogP contribution is 2.35. The molecule has 3 aromatic rings. The SMILES string of the molecule is Cc1nc(Cc2ccc(F)cc2)sc1C(=O)N1CCCSc2ccccc21. The van der Waals surface area contributed by atoms with Crippen LogP contribution in [0.3, 0.4) is 0 Å². The Morgan fingerprint density at radius 2 is 1.96 bits per heavy atom. The van der Waals surface area contributed by atoms with Gasteiger partial charge in [0.15, 0.2) is 0 Å². The van der Waals surface area contributed by atoms with Crippen molar-refractivity contribution in [3.05, 3.63) is 75.5 Å². The second kappa shape index (κ2) is 7.82. The fourth-order valence-electron chi connectivity index (χ4n) is 3.16. The second-order valence-electron chi connectivity index (χ2n) is 6.45. The fourth-order valence-corrected chi connectivity index (χ4v) is 5.21. The number of carbonyl (C=O) groups is 1. The Labute approximate surface area is 166 Å². The Morgan fingerprint density at radius 3 is 2.78 bits per heavy atom. The number of anilines is 1. The van der Waals surface area contributed by atoms with Crippen LogP contribution in [-0.4, -0.2) is 23.2 Å². The number of carbonyl (C=O) groups excluding carboxylic acids is 1. The van der Waals surface area contributed by atoms with E-state index in [2.05, 4.69) is 11.1 Å². The Morgan fingerprint density at radius 1 is 1.19 bits per heavy atom. The minimum Gasteiger partial charge on any atom is -0.306 e. The molecule has 0 radical (unpaired) electrons. The van der Waals surface area contributed by atoms with Gasteiger partial charge in [-0.2, -0.15) is 0 Å². The van der Waals surface area contributed by atoms with E-state index < -0.39 is 0 Å². The summed E-state index contributed by atoms with van der Waals surface area (Å²) in [5, 5.41) is 0.875. The Kier molecular flexibility index (Phi) is 5.27. The van der Waals surface area contributed by atoms with Crippen LogP contribution in [0.25, 0.3) is 0 Å². The molecule has 0 aliphatic carbocycles. The van der Waals surface area contributed by atoms with Crippen molar-refractivity contribution >= 4 is 34.7 Å². The first-order valence-corrected chi connectivity index (χ1v) is 10.7. The summed E-state index contributed by atoms with van der Waals surface area (Å²) in [5.74, 6) is 0.783. The summed E-state index contributed by atoms with van der Waals surface area (Å²) in [6.07, 6.45) is 1.57. The number of amides is 1. The monoisotopic (exact) mass is 398 g/mol. The molecule has 0 atom stereocenters. The zero-order chi connectivity index (χ0) is 18.8. The van der Waals surface area contributed by atoms with Crippen molar-refractivity contribution < 1.29 is 9.18 Å². The minimum absolute atomic E-state index is 0.0188. The van der Waals surface area contributed by atoms with Crippen LogP contribution in [0.5, 0.6) is 0 Å². The van der Waals surface area contributed by atoms with Gasteiger partial charge in [0.1, 0.15) is 10.7 Å². The maximum absolute atomic E-state index is 13.3. The number of aromatic nitrogens is 1. The van der Waals surface area contributed by atoms with Gasteiger partial charge in [-0.25, -0.2) is 9.37 Å². The largest absolute Gasteiger partial charge is 0.306 e. The highest BCUT2D eigenvalue weighted by molar-refractivity contribution is 7.99. The van der Waals surface area contributed by atoms with E-state index in [4.69, 9.17) is 0 Å². The number of hydrogen-bond donors (Lipinski definition) is 0. The van der Waals surface area contributed by atoms with Gasteiger partial charge in [-0.05, 0) is 48.9 Å². The third-order valence-corrected chi connectivity index (χ3v) is 6.78. The van der Waals surface area contributed by atoms with Crippen LogP contribution < -0.4 is 4.90 Å². The van der Waals surface area contributed by atoms with Gasteiger partial charge in [0.05, 0.1) is 16.4 Å². The van der Waals surface area contributed by atoms with Crippen LogP contribution in [0, 0.1) is 12.7 Å². The molecule has 0 bridgehead atoms. The maximum atomic E-state index is 13.3. The topological polar surface area (TPSA) is 33.2 Å². The van der Waals surface area contributed by atoms with Gasteiger partial charge < -0.3 is 4.90 Å². The van der Waals surface area contributed by atoms with E-state index in [1.54, 1.807) is 23.9 Å². The molecule has 0 fully saturated rings. The average Bonchev–Trinajstić information content (AvgIpc) is 2.90. The van der Waals surface area contributed by atoms with E-state index in [0.29, 0.717) is 17.8 Å². The van der Waals surface area contributed by atoms with Crippen LogP contribution in [0.15, 0.2) is 53.4 Å². The number of nitrogens with zero attached hydrogens (tertiary/aromatic N) is 2. The van der Waals surface area contributed by atoms with Gasteiger partial charge in [-0.1, -0.05) is 24.3 Å². The first-order valence-electron chi connectivity index (χ1n) is 8.86. The fraction of sp³-hybridized carbons (Fsp3) is 0.238. The van der Waals surface area contributed by atoms with Gasteiger partial charge in [-0.15, -0.1) is 23.1 Å². The normalized spacial score (nSPS) is 13.9. The maximum Gasteiger partial charge on any atom is 0.270 e. The zero-order valence-electron chi connectivity index (χ0n) is 14.9. The molecule has 2 heterocycles. The molecule has 4 rings (SSSR count). The van der Waals surface area contributed by atoms with Crippen molar-refractivity contribution in [2.24, 2.45) is 0 Å². The van der Waals surface area contributed by atoms with Crippen LogP contribution in [0.2, 0.25) is 0 Å². The number of thiazole rings is 1. The molecule has 3 nitrogen and oxygen atoms in total. The van der Waals surface area contributed by atoms with Crippen molar-refractivity contribution in [3.8, 4) is 0 Å². The molecule has 0 saturated carbocycles. The molecule has 6 heteroatoms. The molecule has 1 aromatic heterocycles. The van der Waals surface area contributed by atoms with Crippen LogP contribution in [0.1, 0.15) is 32.4 Å². The second-order valence-corrected chi connectivity index (χ2v) is 8.67. The number of thioether (sulfide) groups is 1. The minimum atomic E-state index is -0.248. The highest BCUT2D eigenvalue weighted by atomic mass is 32.2. The van der Waals surface area contributed by atoms with Gasteiger partial charge in [0.25, 0.3) is 5.91 Å². The van der Waals surface area contributed by atoms with Gasteiger partial charge in [0.2, 0.25) is 0 Å². The van der Waals surface area contributed by atoms with E-state index >= 15 is 0 Å². The summed E-state index contributed by atoms with van der Waals surface area (Å²) in [5.41, 5.74) is 2.73. The van der Waals surface area contributed by atoms with Crippen molar-refractivity contribution in [1.29, 1.82) is 0 Å². The first-order chi connectivity index (χ1) is 13.1. The predicted octanol–water partition coefficient (Wildman–Crippen LogP) is 5.32. The number of fused-ring (bicyclic) bond motifs is 1. The third-order valence-electron chi connectivity index (χ3n) is 4.49. The summed E-state index contributed by atoms with van der Waals surface area (Å²) in [6, 6.07) is 14.5. The molecule has 27 heavy (non-hydrogen) atoms. The molecule has 1 amide bonds. The Bertz CT molecular complexity index is 969. The van der Waals surface area contributed by atoms with Crippen LogP contribution in [0.4, 0.5) is 10.1 Å². The number of rotatable bonds is 3. The van der Waals surface area contributed by atoms with E-state index in [-0.39, 0.29) is 11.7 Å². The lowest BCUT2D eigenvalue weighted by atomic mass is 10.1. The summed E-state index contributed by atoms with van der Waals surface area (Å²) in [7, 11) is 0. The van der Waals surface area contributed by atoms with E-state index in [0.717, 1.165) is 39.0 Å². The first kappa shape index (κ1) is 18.2. The van der Waals surface area contributed by atoms with Crippen molar-refractivity contribution in [2.75, 3.05) is 17.2 Å². The molecule has 1 aliphatic rings. The van der Waals surface area contributed by atoms with E-state index in [1.807, 2.05) is 30.0 Å². The molecule has 1 aliphatic heterocycles. The molecule has 0 spiro atoms. The van der Waals surface area contributed by atoms with Gasteiger partial charge >= 0.3 is 0 Å². The zero-order valence-corrected chi connectivity index (χ0v) is 16.6. The summed E-state index contributed by atoms with van der Waals surface area (Å²) < 4.78 is 13.1. The summed E-state index contributed by atoms with van der Waals surface area (Å²) >= 11 is 3.24. The van der Waals surface area contributed by atoms with E-state index in [1.165, 1.54) is 23.5 Å². The number of para-hydroxylation sites is 1. The predicted molar refractivity (Wildman–Crippen MR) is 110 cm³/mol. The average molecular weight is 399 g/mol. The molecular weight excluding hydrogens is 379 g/mol. The molecule has 0 unspecified atom stereocenters. The van der Waals surface area contributed by atoms with Crippen molar-refractivity contribution in [1.82, 2.24) is 4.98 Å². The van der Waals surface area contributed by atoms with Gasteiger partial charge in [-0.3, -0.25) is 4.79 Å². The molecule has 0 saturated heterocycles. The number of halogens is 1. The lowest BCUT2D eigenvalue weighted by Gasteiger charge is -2.22. The summed E-state index contributed by atoms with van der Waals surface area (Å²) in [6.45, 7) is 2.60. The number of hydrogen-bond acceptors (Lipinski definition) is 4. The number of benzene rings is 2. The van der Waals surface area contributed by atoms with Gasteiger partial charge in [0, 0.05) is 17.9 Å². The lowest BCUT2D eigenvalue weighted by Crippen LogP contribution is -2.31. The van der Waals surface area contributed by atoms with Crippen molar-refractivity contribution in [3.63, 3.8) is 0 Å². The molecule has 138 valence electrons. The van der Waals surface area contributed by atoms with Crippen molar-refractivity contribution in [2.45, 2.75) is 24.7 Å². The number of aryl methyl sites for hydroxylation is 1. The summed E-state index contributed by atoms with van der Waals surface area (Å²) in [4.78, 5) is 21.6. The Balaban J connectivity index is 1.61. The standard InChI is InChI=1S/C21H19FN2OS2/c1-14-20(27-19(23-14)13-15-7-9-16(22)10-8-15)21(25)24-11-4-12-26-18-6-3-2-5-17(18)24/h2-3,5-10H,4,11-13H2,1H3. The Hall–Kier alpha value is -2.18.